The van der Waals surface area contributed by atoms with Crippen LogP contribution in [0.25, 0.3) is 11.4 Å². The summed E-state index contributed by atoms with van der Waals surface area (Å²) in [5.74, 6) is 1.77. The van der Waals surface area contributed by atoms with Gasteiger partial charge in [0.2, 0.25) is 11.7 Å². The van der Waals surface area contributed by atoms with Crippen LogP contribution in [0.2, 0.25) is 0 Å². The fourth-order valence-electron chi connectivity index (χ4n) is 1.92. The van der Waals surface area contributed by atoms with Crippen LogP contribution in [0.1, 0.15) is 12.3 Å². The minimum absolute atomic E-state index is 0.0362. The highest BCUT2D eigenvalue weighted by atomic mass is 16.5. The van der Waals surface area contributed by atoms with E-state index in [9.17, 15) is 4.79 Å². The summed E-state index contributed by atoms with van der Waals surface area (Å²) in [4.78, 5) is 17.6. The molecule has 0 atom stereocenters. The van der Waals surface area contributed by atoms with Crippen molar-refractivity contribution in [2.75, 3.05) is 19.7 Å². The Morgan fingerprint density at radius 2 is 2.10 bits per heavy atom. The lowest BCUT2D eigenvalue weighted by molar-refractivity contribution is -0.136. The minimum atomic E-state index is 0.0362. The second kappa shape index (κ2) is 5.32. The van der Waals surface area contributed by atoms with E-state index in [1.165, 1.54) is 0 Å². The van der Waals surface area contributed by atoms with Crippen LogP contribution in [0.3, 0.4) is 0 Å². The molecule has 1 saturated heterocycles. The van der Waals surface area contributed by atoms with Crippen LogP contribution in [0, 0.1) is 6.92 Å². The Labute approximate surface area is 116 Å². The summed E-state index contributed by atoms with van der Waals surface area (Å²) in [6.45, 7) is 3.52. The molecular weight excluding hydrogens is 258 g/mol. The van der Waals surface area contributed by atoms with Gasteiger partial charge in [-0.15, -0.1) is 0 Å². The Balaban J connectivity index is 1.59. The quantitative estimate of drug-likeness (QED) is 0.847. The molecule has 104 valence electrons. The van der Waals surface area contributed by atoms with Crippen LogP contribution in [-0.4, -0.2) is 40.6 Å². The lowest BCUT2D eigenvalue weighted by atomic mass is 10.2. The number of rotatable bonds is 4. The van der Waals surface area contributed by atoms with E-state index in [2.05, 4.69) is 10.1 Å². The second-order valence-corrected chi connectivity index (χ2v) is 4.68. The van der Waals surface area contributed by atoms with E-state index in [4.69, 9.17) is 9.26 Å². The molecule has 2 aromatic rings. The van der Waals surface area contributed by atoms with Crippen LogP contribution in [0.4, 0.5) is 0 Å². The normalized spacial score (nSPS) is 13.9. The van der Waals surface area contributed by atoms with E-state index in [-0.39, 0.29) is 12.5 Å². The number of likely N-dealkylation sites (tertiary alicyclic amines) is 1. The Kier molecular flexibility index (Phi) is 3.37. The largest absolute Gasteiger partial charge is 0.484 e. The fraction of sp³-hybridized carbons (Fsp3) is 0.357. The van der Waals surface area contributed by atoms with Crippen molar-refractivity contribution in [3.8, 4) is 17.1 Å². The van der Waals surface area contributed by atoms with Gasteiger partial charge < -0.3 is 14.2 Å². The van der Waals surface area contributed by atoms with E-state index >= 15 is 0 Å². The van der Waals surface area contributed by atoms with E-state index in [0.717, 1.165) is 25.1 Å². The van der Waals surface area contributed by atoms with Gasteiger partial charge in [0, 0.05) is 25.6 Å². The Hall–Kier alpha value is -2.37. The third-order valence-electron chi connectivity index (χ3n) is 3.21. The lowest BCUT2D eigenvalue weighted by Gasteiger charge is -2.30. The van der Waals surface area contributed by atoms with Crippen molar-refractivity contribution in [3.05, 3.63) is 30.2 Å². The summed E-state index contributed by atoms with van der Waals surface area (Å²) in [6, 6.07) is 7.27. The molecule has 0 aliphatic carbocycles. The molecule has 2 heterocycles. The molecule has 1 aromatic heterocycles. The molecule has 0 unspecified atom stereocenters. The van der Waals surface area contributed by atoms with Gasteiger partial charge in [0.1, 0.15) is 5.75 Å². The van der Waals surface area contributed by atoms with Crippen LogP contribution in [0.5, 0.6) is 5.75 Å². The molecule has 1 aliphatic heterocycles. The van der Waals surface area contributed by atoms with E-state index < -0.39 is 0 Å². The Morgan fingerprint density at radius 3 is 2.65 bits per heavy atom. The highest BCUT2D eigenvalue weighted by Crippen LogP contribution is 2.20. The first-order valence-corrected chi connectivity index (χ1v) is 6.54. The molecule has 0 radical (unpaired) electrons. The third kappa shape index (κ3) is 2.64. The van der Waals surface area contributed by atoms with Crippen molar-refractivity contribution in [3.63, 3.8) is 0 Å². The average Bonchev–Trinajstić information content (AvgIpc) is 2.82. The van der Waals surface area contributed by atoms with Gasteiger partial charge >= 0.3 is 0 Å². The summed E-state index contributed by atoms with van der Waals surface area (Å²) in [5.41, 5.74) is 0.850. The standard InChI is InChI=1S/C14H15N3O3/c1-10-15-14(16-20-10)11-3-5-12(6-4-11)19-9-13(18)17-7-2-8-17/h3-6H,2,7-9H2,1H3. The fourth-order valence-corrected chi connectivity index (χ4v) is 1.92. The summed E-state index contributed by atoms with van der Waals surface area (Å²) < 4.78 is 10.4. The number of ether oxygens (including phenoxy) is 1. The summed E-state index contributed by atoms with van der Waals surface area (Å²) in [7, 11) is 0. The first kappa shape index (κ1) is 12.7. The van der Waals surface area contributed by atoms with E-state index in [0.29, 0.717) is 17.5 Å². The molecule has 1 aliphatic rings. The molecular formula is C14H15N3O3. The van der Waals surface area contributed by atoms with E-state index in [1.54, 1.807) is 24.0 Å². The van der Waals surface area contributed by atoms with Crippen LogP contribution in [-0.2, 0) is 4.79 Å². The van der Waals surface area contributed by atoms with Crippen molar-refractivity contribution in [2.24, 2.45) is 0 Å². The number of hydrogen-bond acceptors (Lipinski definition) is 5. The van der Waals surface area contributed by atoms with Gasteiger partial charge in [-0.05, 0) is 30.7 Å². The molecule has 1 aromatic carbocycles. The van der Waals surface area contributed by atoms with Crippen molar-refractivity contribution in [2.45, 2.75) is 13.3 Å². The number of benzene rings is 1. The van der Waals surface area contributed by atoms with Crippen LogP contribution >= 0.6 is 0 Å². The maximum absolute atomic E-state index is 11.7. The maximum Gasteiger partial charge on any atom is 0.260 e. The molecule has 6 nitrogen and oxygen atoms in total. The number of aromatic nitrogens is 2. The lowest BCUT2D eigenvalue weighted by Crippen LogP contribution is -2.44. The number of amides is 1. The third-order valence-corrected chi connectivity index (χ3v) is 3.21. The average molecular weight is 273 g/mol. The van der Waals surface area contributed by atoms with Crippen LogP contribution in [0.15, 0.2) is 28.8 Å². The smallest absolute Gasteiger partial charge is 0.260 e. The number of hydrogen-bond donors (Lipinski definition) is 0. The highest BCUT2D eigenvalue weighted by Gasteiger charge is 2.20. The molecule has 1 fully saturated rings. The number of nitrogens with zero attached hydrogens (tertiary/aromatic N) is 3. The number of carbonyl (C=O) groups is 1. The SMILES string of the molecule is Cc1nc(-c2ccc(OCC(=O)N3CCC3)cc2)no1. The van der Waals surface area contributed by atoms with Gasteiger partial charge in [-0.3, -0.25) is 4.79 Å². The highest BCUT2D eigenvalue weighted by molar-refractivity contribution is 5.78. The predicted octanol–water partition coefficient (Wildman–Crippen LogP) is 1.66. The van der Waals surface area contributed by atoms with Crippen molar-refractivity contribution >= 4 is 5.91 Å². The molecule has 6 heteroatoms. The zero-order valence-electron chi connectivity index (χ0n) is 11.2. The molecule has 0 bridgehead atoms. The van der Waals surface area contributed by atoms with Crippen molar-refractivity contribution in [1.29, 1.82) is 0 Å². The number of carbonyl (C=O) groups excluding carboxylic acids is 1. The summed E-state index contributed by atoms with van der Waals surface area (Å²) in [6.07, 6.45) is 1.09. The molecule has 0 saturated carbocycles. The van der Waals surface area contributed by atoms with Crippen molar-refractivity contribution in [1.82, 2.24) is 15.0 Å². The molecule has 0 spiro atoms. The minimum Gasteiger partial charge on any atom is -0.484 e. The molecule has 0 N–H and O–H groups in total. The van der Waals surface area contributed by atoms with E-state index in [1.807, 2.05) is 12.1 Å². The van der Waals surface area contributed by atoms with Gasteiger partial charge in [0.25, 0.3) is 5.91 Å². The second-order valence-electron chi connectivity index (χ2n) is 4.68. The van der Waals surface area contributed by atoms with Gasteiger partial charge in [-0.2, -0.15) is 4.98 Å². The first-order chi connectivity index (χ1) is 9.72. The van der Waals surface area contributed by atoms with Crippen LogP contribution < -0.4 is 4.74 Å². The van der Waals surface area contributed by atoms with Gasteiger partial charge in [-0.1, -0.05) is 5.16 Å². The zero-order chi connectivity index (χ0) is 13.9. The predicted molar refractivity (Wildman–Crippen MR) is 71.2 cm³/mol. The first-order valence-electron chi connectivity index (χ1n) is 6.54. The topological polar surface area (TPSA) is 68.5 Å². The molecule has 20 heavy (non-hydrogen) atoms. The van der Waals surface area contributed by atoms with Crippen molar-refractivity contribution < 1.29 is 14.1 Å². The summed E-state index contributed by atoms with van der Waals surface area (Å²) >= 11 is 0. The maximum atomic E-state index is 11.7. The van der Waals surface area contributed by atoms with Gasteiger partial charge in [0.05, 0.1) is 0 Å². The monoisotopic (exact) mass is 273 g/mol. The van der Waals surface area contributed by atoms with Gasteiger partial charge in [-0.25, -0.2) is 0 Å². The Morgan fingerprint density at radius 1 is 1.35 bits per heavy atom. The zero-order valence-corrected chi connectivity index (χ0v) is 11.2. The van der Waals surface area contributed by atoms with Gasteiger partial charge in [0.15, 0.2) is 6.61 Å². The Bertz CT molecular complexity index is 602. The summed E-state index contributed by atoms with van der Waals surface area (Å²) in [5, 5.41) is 3.84. The molecule has 3 rings (SSSR count). The number of aryl methyl sites for hydroxylation is 1. The molecule has 1 amide bonds.